The van der Waals surface area contributed by atoms with Gasteiger partial charge >= 0.3 is 0 Å². The Labute approximate surface area is 154 Å². The number of methoxy groups -OCH3 is 1. The summed E-state index contributed by atoms with van der Waals surface area (Å²) in [5.41, 5.74) is 3.69. The molecular weight excluding hydrogens is 330 g/mol. The van der Waals surface area contributed by atoms with Crippen molar-refractivity contribution in [3.63, 3.8) is 0 Å². The first-order valence-corrected chi connectivity index (χ1v) is 8.86. The fourth-order valence-electron chi connectivity index (χ4n) is 2.97. The summed E-state index contributed by atoms with van der Waals surface area (Å²) in [7, 11) is 1.70. The average Bonchev–Trinajstić information content (AvgIpc) is 2.68. The normalized spacial score (nSPS) is 14.3. The molecule has 1 aromatic carbocycles. The Morgan fingerprint density at radius 2 is 2.08 bits per heavy atom. The average molecular weight is 355 g/mol. The highest BCUT2D eigenvalue weighted by Crippen LogP contribution is 2.18. The summed E-state index contributed by atoms with van der Waals surface area (Å²) in [6.45, 7) is 5.81. The van der Waals surface area contributed by atoms with Crippen LogP contribution < -0.4 is 10.2 Å². The summed E-state index contributed by atoms with van der Waals surface area (Å²) in [6, 6.07) is 9.64. The smallest absolute Gasteiger partial charge is 0.257 e. The van der Waals surface area contributed by atoms with Crippen LogP contribution in [0.4, 0.5) is 11.5 Å². The van der Waals surface area contributed by atoms with E-state index >= 15 is 0 Å². The van der Waals surface area contributed by atoms with Crippen LogP contribution in [0.5, 0.6) is 0 Å². The van der Waals surface area contributed by atoms with Gasteiger partial charge in [-0.3, -0.25) is 4.79 Å². The van der Waals surface area contributed by atoms with Crippen LogP contribution in [0.3, 0.4) is 0 Å². The van der Waals surface area contributed by atoms with Gasteiger partial charge in [0.1, 0.15) is 5.82 Å². The number of aryl methyl sites for hydroxylation is 1. The maximum Gasteiger partial charge on any atom is 0.257 e. The third-order valence-corrected chi connectivity index (χ3v) is 4.52. The fraction of sp³-hybridized carbons (Fsp3) is 0.400. The fourth-order valence-corrected chi connectivity index (χ4v) is 2.97. The summed E-state index contributed by atoms with van der Waals surface area (Å²) >= 11 is 0. The topological polar surface area (TPSA) is 63.7 Å². The predicted octanol–water partition coefficient (Wildman–Crippen LogP) is 2.67. The molecule has 1 N–H and O–H groups in total. The van der Waals surface area contributed by atoms with E-state index in [0.717, 1.165) is 36.6 Å². The third-order valence-electron chi connectivity index (χ3n) is 4.52. The second kappa shape index (κ2) is 8.78. The van der Waals surface area contributed by atoms with Gasteiger partial charge in [0.2, 0.25) is 0 Å². The molecule has 0 atom stereocenters. The molecule has 0 radical (unpaired) electrons. The minimum Gasteiger partial charge on any atom is -0.384 e. The highest BCUT2D eigenvalue weighted by molar-refractivity contribution is 6.04. The lowest BCUT2D eigenvalue weighted by atomic mass is 10.1. The summed E-state index contributed by atoms with van der Waals surface area (Å²) < 4.78 is 10.5. The predicted molar refractivity (Wildman–Crippen MR) is 102 cm³/mol. The SMILES string of the molecule is COCCc1ccc(NC(=O)c2ccc(N3CCOCC3)nc2)cc1C. The minimum absolute atomic E-state index is 0.157. The largest absolute Gasteiger partial charge is 0.384 e. The highest BCUT2D eigenvalue weighted by Gasteiger charge is 2.13. The quantitative estimate of drug-likeness (QED) is 0.863. The number of ether oxygens (including phenoxy) is 2. The number of morpholine rings is 1. The van der Waals surface area contributed by atoms with Gasteiger partial charge in [-0.1, -0.05) is 6.07 Å². The molecule has 26 heavy (non-hydrogen) atoms. The number of anilines is 2. The van der Waals surface area contributed by atoms with Crippen molar-refractivity contribution < 1.29 is 14.3 Å². The maximum absolute atomic E-state index is 12.5. The standard InChI is InChI=1S/C20H25N3O3/c1-15-13-18(5-3-16(15)7-10-25-2)22-20(24)17-4-6-19(21-14-17)23-8-11-26-12-9-23/h3-6,13-14H,7-12H2,1-2H3,(H,22,24). The second-order valence-corrected chi connectivity index (χ2v) is 6.34. The van der Waals surface area contributed by atoms with Gasteiger partial charge in [-0.25, -0.2) is 4.98 Å². The van der Waals surface area contributed by atoms with Crippen LogP contribution in [0, 0.1) is 6.92 Å². The van der Waals surface area contributed by atoms with E-state index in [2.05, 4.69) is 15.2 Å². The Morgan fingerprint density at radius 1 is 1.27 bits per heavy atom. The molecule has 1 aliphatic rings. The lowest BCUT2D eigenvalue weighted by Crippen LogP contribution is -2.36. The van der Waals surface area contributed by atoms with E-state index in [1.54, 1.807) is 13.3 Å². The van der Waals surface area contributed by atoms with E-state index in [-0.39, 0.29) is 5.91 Å². The minimum atomic E-state index is -0.157. The Kier molecular flexibility index (Phi) is 6.20. The van der Waals surface area contributed by atoms with Crippen molar-refractivity contribution in [3.8, 4) is 0 Å². The van der Waals surface area contributed by atoms with Gasteiger partial charge in [-0.15, -0.1) is 0 Å². The molecule has 0 spiro atoms. The summed E-state index contributed by atoms with van der Waals surface area (Å²) in [6.07, 6.45) is 2.49. The van der Waals surface area contributed by atoms with Gasteiger partial charge in [-0.05, 0) is 48.7 Å². The van der Waals surface area contributed by atoms with Gasteiger partial charge in [0.15, 0.2) is 0 Å². The molecule has 2 aromatic rings. The van der Waals surface area contributed by atoms with Crippen molar-refractivity contribution in [2.24, 2.45) is 0 Å². The van der Waals surface area contributed by atoms with E-state index in [1.807, 2.05) is 37.3 Å². The number of hydrogen-bond donors (Lipinski definition) is 1. The molecule has 0 aliphatic carbocycles. The van der Waals surface area contributed by atoms with Gasteiger partial charge in [0, 0.05) is 32.1 Å². The molecule has 0 unspecified atom stereocenters. The van der Waals surface area contributed by atoms with Crippen molar-refractivity contribution in [2.45, 2.75) is 13.3 Å². The number of pyridine rings is 1. The van der Waals surface area contributed by atoms with Crippen LogP contribution in [0.15, 0.2) is 36.5 Å². The van der Waals surface area contributed by atoms with Crippen molar-refractivity contribution in [1.82, 2.24) is 4.98 Å². The molecular formula is C20H25N3O3. The molecule has 2 heterocycles. The number of aromatic nitrogens is 1. The van der Waals surface area contributed by atoms with E-state index in [9.17, 15) is 4.79 Å². The molecule has 1 amide bonds. The summed E-state index contributed by atoms with van der Waals surface area (Å²) in [5, 5.41) is 2.94. The number of nitrogens with one attached hydrogen (secondary N) is 1. The Morgan fingerprint density at radius 3 is 2.73 bits per heavy atom. The molecule has 1 saturated heterocycles. The number of carbonyl (C=O) groups is 1. The van der Waals surface area contributed by atoms with Gasteiger partial charge in [0.25, 0.3) is 5.91 Å². The zero-order chi connectivity index (χ0) is 18.4. The Hall–Kier alpha value is -2.44. The molecule has 3 rings (SSSR count). The third kappa shape index (κ3) is 4.59. The maximum atomic E-state index is 12.5. The van der Waals surface area contributed by atoms with Gasteiger partial charge in [0.05, 0.1) is 25.4 Å². The van der Waals surface area contributed by atoms with Crippen LogP contribution in [-0.2, 0) is 15.9 Å². The molecule has 1 aliphatic heterocycles. The Balaban J connectivity index is 1.63. The van der Waals surface area contributed by atoms with Crippen LogP contribution >= 0.6 is 0 Å². The van der Waals surface area contributed by atoms with Crippen LogP contribution in [0.2, 0.25) is 0 Å². The first-order valence-electron chi connectivity index (χ1n) is 8.86. The van der Waals surface area contributed by atoms with E-state index < -0.39 is 0 Å². The molecule has 1 fully saturated rings. The molecule has 1 aromatic heterocycles. The highest BCUT2D eigenvalue weighted by atomic mass is 16.5. The Bertz CT molecular complexity index is 740. The number of rotatable bonds is 6. The number of carbonyl (C=O) groups excluding carboxylic acids is 1. The van der Waals surface area contributed by atoms with Crippen LogP contribution in [0.25, 0.3) is 0 Å². The van der Waals surface area contributed by atoms with Crippen LogP contribution in [-0.4, -0.2) is 50.9 Å². The van der Waals surface area contributed by atoms with Crippen molar-refractivity contribution in [2.75, 3.05) is 50.2 Å². The van der Waals surface area contributed by atoms with Gasteiger partial charge < -0.3 is 19.7 Å². The van der Waals surface area contributed by atoms with Crippen LogP contribution in [0.1, 0.15) is 21.5 Å². The van der Waals surface area contributed by atoms with Crippen molar-refractivity contribution in [1.29, 1.82) is 0 Å². The molecule has 0 bridgehead atoms. The van der Waals surface area contributed by atoms with Gasteiger partial charge in [-0.2, -0.15) is 0 Å². The number of amides is 1. The van der Waals surface area contributed by atoms with E-state index in [4.69, 9.17) is 9.47 Å². The monoisotopic (exact) mass is 355 g/mol. The lowest BCUT2D eigenvalue weighted by molar-refractivity contribution is 0.102. The summed E-state index contributed by atoms with van der Waals surface area (Å²) in [5.74, 6) is 0.721. The second-order valence-electron chi connectivity index (χ2n) is 6.34. The summed E-state index contributed by atoms with van der Waals surface area (Å²) in [4.78, 5) is 19.1. The molecule has 6 heteroatoms. The molecule has 6 nitrogen and oxygen atoms in total. The van der Waals surface area contributed by atoms with Crippen molar-refractivity contribution in [3.05, 3.63) is 53.2 Å². The number of benzene rings is 1. The first-order chi connectivity index (χ1) is 12.7. The molecule has 0 saturated carbocycles. The zero-order valence-electron chi connectivity index (χ0n) is 15.3. The number of nitrogens with zero attached hydrogens (tertiary/aromatic N) is 2. The lowest BCUT2D eigenvalue weighted by Gasteiger charge is -2.27. The van der Waals surface area contributed by atoms with E-state index in [1.165, 1.54) is 5.56 Å². The zero-order valence-corrected chi connectivity index (χ0v) is 15.3. The number of hydrogen-bond acceptors (Lipinski definition) is 5. The van der Waals surface area contributed by atoms with Crippen molar-refractivity contribution >= 4 is 17.4 Å². The molecule has 138 valence electrons. The first kappa shape index (κ1) is 18.4. The van der Waals surface area contributed by atoms with E-state index in [0.29, 0.717) is 25.4 Å².